The van der Waals surface area contributed by atoms with Crippen molar-refractivity contribution in [1.82, 2.24) is 15.2 Å². The number of carbonyl (C=O) groups excluding carboxylic acids is 3. The number of nitrogens with zero attached hydrogens (tertiary/aromatic N) is 3. The number of pyridine rings is 1. The molecule has 0 bridgehead atoms. The fraction of sp³-hybridized carbons (Fsp3) is 0.517. The second kappa shape index (κ2) is 10.1. The molecule has 2 aliphatic heterocycles. The van der Waals surface area contributed by atoms with E-state index < -0.39 is 22.9 Å². The number of benzene rings is 1. The average Bonchev–Trinajstić information content (AvgIpc) is 3.09. The summed E-state index contributed by atoms with van der Waals surface area (Å²) in [5, 5.41) is 3.51. The third-order valence-corrected chi connectivity index (χ3v) is 8.12. The molecular weight excluding hydrogens is 523 g/mol. The Labute approximate surface area is 232 Å². The molecule has 1 spiro atoms. The zero-order valence-electron chi connectivity index (χ0n) is 22.7. The van der Waals surface area contributed by atoms with E-state index >= 15 is 4.39 Å². The molecular formula is C29H34ClFN4O4. The number of amides is 3. The summed E-state index contributed by atoms with van der Waals surface area (Å²) < 4.78 is 20.6. The Morgan fingerprint density at radius 1 is 1.21 bits per heavy atom. The molecule has 1 saturated heterocycles. The fourth-order valence-corrected chi connectivity index (χ4v) is 6.13. The van der Waals surface area contributed by atoms with Crippen molar-refractivity contribution in [2.75, 3.05) is 24.5 Å². The Kier molecular flexibility index (Phi) is 7.07. The van der Waals surface area contributed by atoms with Gasteiger partial charge < -0.3 is 19.9 Å². The number of hydrogen-bond acceptors (Lipinski definition) is 5. The van der Waals surface area contributed by atoms with Crippen LogP contribution in [0.5, 0.6) is 0 Å². The molecule has 1 aromatic heterocycles. The molecule has 3 heterocycles. The van der Waals surface area contributed by atoms with Gasteiger partial charge in [-0.15, -0.1) is 0 Å². The Hall–Kier alpha value is -3.20. The van der Waals surface area contributed by atoms with Crippen molar-refractivity contribution < 1.29 is 23.5 Å². The van der Waals surface area contributed by atoms with Crippen LogP contribution in [0.15, 0.2) is 30.5 Å². The molecule has 0 atom stereocenters. The van der Waals surface area contributed by atoms with Gasteiger partial charge in [0.1, 0.15) is 16.8 Å². The van der Waals surface area contributed by atoms with Crippen molar-refractivity contribution in [1.29, 1.82) is 0 Å². The molecule has 8 nitrogen and oxygen atoms in total. The number of likely N-dealkylation sites (tertiary alicyclic amines) is 1. The van der Waals surface area contributed by atoms with E-state index in [9.17, 15) is 14.4 Å². The number of anilines is 1. The van der Waals surface area contributed by atoms with Crippen LogP contribution in [0.4, 0.5) is 14.9 Å². The number of hydrogen-bond donors (Lipinski definition) is 1. The van der Waals surface area contributed by atoms with E-state index in [1.807, 2.05) is 0 Å². The molecule has 1 saturated carbocycles. The van der Waals surface area contributed by atoms with Crippen LogP contribution in [0.1, 0.15) is 68.1 Å². The normalized spacial score (nSPS) is 21.9. The predicted molar refractivity (Wildman–Crippen MR) is 145 cm³/mol. The number of halogens is 2. The third-order valence-electron chi connectivity index (χ3n) is 7.91. The van der Waals surface area contributed by atoms with Crippen LogP contribution in [-0.2, 0) is 14.9 Å². The fourth-order valence-electron chi connectivity index (χ4n) is 5.97. The highest BCUT2D eigenvalue weighted by atomic mass is 35.5. The van der Waals surface area contributed by atoms with E-state index in [2.05, 4.69) is 10.3 Å². The maximum absolute atomic E-state index is 15.1. The van der Waals surface area contributed by atoms with Crippen LogP contribution in [0, 0.1) is 18.7 Å². The van der Waals surface area contributed by atoms with Crippen molar-refractivity contribution in [3.63, 3.8) is 0 Å². The molecule has 1 aromatic carbocycles. The first-order chi connectivity index (χ1) is 18.4. The molecule has 0 radical (unpaired) electrons. The number of ether oxygens (including phenoxy) is 1. The standard InChI is InChI=1S/C29H34ClFN4O4/c1-17-21(12-19(30)13-32-17)25(36)33-20-10-8-18(9-11-20)14-35-23-7-5-6-22(31)24(23)29(26(35)37)15-34(16-29)27(38)39-28(2,3)4/h5-7,12-13,18,20H,8-11,14-16H2,1-4H3,(H,33,36). The molecule has 5 rings (SSSR count). The minimum Gasteiger partial charge on any atom is -0.444 e. The molecule has 2 fully saturated rings. The van der Waals surface area contributed by atoms with E-state index in [0.29, 0.717) is 34.1 Å². The highest BCUT2D eigenvalue weighted by Gasteiger charge is 2.61. The Balaban J connectivity index is 1.23. The second-order valence-corrected chi connectivity index (χ2v) is 12.4. The van der Waals surface area contributed by atoms with Crippen molar-refractivity contribution in [2.45, 2.75) is 70.4 Å². The molecule has 1 N–H and O–H groups in total. The maximum Gasteiger partial charge on any atom is 0.410 e. The maximum atomic E-state index is 15.1. The van der Waals surface area contributed by atoms with E-state index in [-0.39, 0.29) is 36.9 Å². The monoisotopic (exact) mass is 556 g/mol. The zero-order valence-corrected chi connectivity index (χ0v) is 23.5. The summed E-state index contributed by atoms with van der Waals surface area (Å²) in [7, 11) is 0. The molecule has 10 heteroatoms. The van der Waals surface area contributed by atoms with Crippen LogP contribution in [-0.4, -0.2) is 59.1 Å². The lowest BCUT2D eigenvalue weighted by molar-refractivity contribution is -0.129. The lowest BCUT2D eigenvalue weighted by Crippen LogP contribution is -2.66. The lowest BCUT2D eigenvalue weighted by atomic mass is 9.74. The van der Waals surface area contributed by atoms with Gasteiger partial charge in [-0.25, -0.2) is 9.18 Å². The highest BCUT2D eigenvalue weighted by Crippen LogP contribution is 2.49. The van der Waals surface area contributed by atoms with Gasteiger partial charge in [-0.2, -0.15) is 0 Å². The van der Waals surface area contributed by atoms with E-state index in [1.165, 1.54) is 17.2 Å². The first-order valence-electron chi connectivity index (χ1n) is 13.4. The summed E-state index contributed by atoms with van der Waals surface area (Å²) in [5.74, 6) is -0.567. The molecule has 39 heavy (non-hydrogen) atoms. The van der Waals surface area contributed by atoms with Gasteiger partial charge >= 0.3 is 6.09 Å². The largest absolute Gasteiger partial charge is 0.444 e. The summed E-state index contributed by atoms with van der Waals surface area (Å²) in [6.45, 7) is 7.80. The van der Waals surface area contributed by atoms with Gasteiger partial charge in [0.2, 0.25) is 5.91 Å². The number of aromatic nitrogens is 1. The van der Waals surface area contributed by atoms with Crippen molar-refractivity contribution in [3.8, 4) is 0 Å². The van der Waals surface area contributed by atoms with Crippen molar-refractivity contribution in [2.24, 2.45) is 5.92 Å². The first-order valence-corrected chi connectivity index (χ1v) is 13.8. The summed E-state index contributed by atoms with van der Waals surface area (Å²) in [6.07, 6.45) is 4.22. The summed E-state index contributed by atoms with van der Waals surface area (Å²) in [5.41, 5.74) is 0.323. The number of carbonyl (C=O) groups is 3. The van der Waals surface area contributed by atoms with Gasteiger partial charge in [0, 0.05) is 37.4 Å². The second-order valence-electron chi connectivity index (χ2n) is 11.9. The van der Waals surface area contributed by atoms with Gasteiger partial charge in [-0.1, -0.05) is 17.7 Å². The van der Waals surface area contributed by atoms with Crippen molar-refractivity contribution in [3.05, 3.63) is 58.1 Å². The summed E-state index contributed by atoms with van der Waals surface area (Å²) in [4.78, 5) is 46.5. The quantitative estimate of drug-likeness (QED) is 0.572. The topological polar surface area (TPSA) is 91.8 Å². The third kappa shape index (κ3) is 5.21. The van der Waals surface area contributed by atoms with E-state index in [1.54, 1.807) is 50.8 Å². The van der Waals surface area contributed by atoms with Crippen LogP contribution >= 0.6 is 11.6 Å². The SMILES string of the molecule is Cc1ncc(Cl)cc1C(=O)NC1CCC(CN2C(=O)C3(CN(C(=O)OC(C)(C)C)C3)c3c(F)cccc32)CC1. The van der Waals surface area contributed by atoms with Gasteiger partial charge in [-0.05, 0) is 77.5 Å². The van der Waals surface area contributed by atoms with Crippen LogP contribution < -0.4 is 10.2 Å². The van der Waals surface area contributed by atoms with Gasteiger partial charge in [0.05, 0.1) is 22.0 Å². The molecule has 0 unspecified atom stereocenters. The zero-order chi connectivity index (χ0) is 28.1. The number of nitrogens with one attached hydrogen (secondary N) is 1. The van der Waals surface area contributed by atoms with E-state index in [0.717, 1.165) is 25.7 Å². The van der Waals surface area contributed by atoms with Gasteiger partial charge in [0.25, 0.3) is 5.91 Å². The van der Waals surface area contributed by atoms with E-state index in [4.69, 9.17) is 16.3 Å². The minimum atomic E-state index is -1.08. The first kappa shape index (κ1) is 27.4. The Morgan fingerprint density at radius 3 is 2.56 bits per heavy atom. The Morgan fingerprint density at radius 2 is 1.90 bits per heavy atom. The summed E-state index contributed by atoms with van der Waals surface area (Å²) in [6, 6.07) is 6.43. The van der Waals surface area contributed by atoms with Crippen LogP contribution in [0.25, 0.3) is 0 Å². The summed E-state index contributed by atoms with van der Waals surface area (Å²) >= 11 is 6.02. The average molecular weight is 557 g/mol. The van der Waals surface area contributed by atoms with Crippen LogP contribution in [0.3, 0.4) is 0 Å². The van der Waals surface area contributed by atoms with Gasteiger partial charge in [0.15, 0.2) is 0 Å². The van der Waals surface area contributed by atoms with Gasteiger partial charge in [-0.3, -0.25) is 14.6 Å². The molecule has 2 aromatic rings. The van der Waals surface area contributed by atoms with Crippen LogP contribution in [0.2, 0.25) is 5.02 Å². The highest BCUT2D eigenvalue weighted by molar-refractivity contribution is 6.30. The number of aryl methyl sites for hydroxylation is 1. The molecule has 1 aliphatic carbocycles. The Bertz CT molecular complexity index is 1310. The number of rotatable bonds is 4. The molecule has 208 valence electrons. The van der Waals surface area contributed by atoms with Crippen molar-refractivity contribution >= 4 is 35.2 Å². The molecule has 3 amide bonds. The minimum absolute atomic E-state index is 0.0199. The molecule has 3 aliphatic rings. The smallest absolute Gasteiger partial charge is 0.410 e. The predicted octanol–water partition coefficient (Wildman–Crippen LogP) is 5.01. The lowest BCUT2D eigenvalue weighted by Gasteiger charge is -2.46. The number of fused-ring (bicyclic) bond motifs is 2.